The number of hydrogen-bond donors (Lipinski definition) is 0. The number of piperidine rings is 1. The second kappa shape index (κ2) is 12.0. The number of benzene rings is 1. The number of carbonyl (C=O) groups excluding carboxylic acids is 1. The van der Waals surface area contributed by atoms with Crippen molar-refractivity contribution >= 4 is 29.3 Å². The maximum atomic E-state index is 13.9. The first-order chi connectivity index (χ1) is 17.6. The number of amides is 1. The number of ether oxygens (including phenoxy) is 1. The van der Waals surface area contributed by atoms with Crippen molar-refractivity contribution in [3.8, 4) is 23.1 Å². The molecule has 204 valence electrons. The third kappa shape index (κ3) is 6.52. The van der Waals surface area contributed by atoms with E-state index in [1.807, 2.05) is 6.07 Å². The smallest absolute Gasteiger partial charge is 0.419 e. The van der Waals surface area contributed by atoms with Gasteiger partial charge in [0.2, 0.25) is 5.91 Å². The van der Waals surface area contributed by atoms with Crippen LogP contribution in [0.1, 0.15) is 30.5 Å². The van der Waals surface area contributed by atoms with E-state index in [0.717, 1.165) is 32.0 Å². The molecule has 4 rings (SSSR count). The molecule has 0 spiro atoms. The Hall–Kier alpha value is -3.43. The second-order valence-corrected chi connectivity index (χ2v) is 9.40. The van der Waals surface area contributed by atoms with E-state index >= 15 is 0 Å². The van der Waals surface area contributed by atoms with Gasteiger partial charge in [0.05, 0.1) is 29.9 Å². The number of halogens is 4. The molecule has 0 radical (unpaired) electrons. The summed E-state index contributed by atoms with van der Waals surface area (Å²) < 4.78 is 48.8. The quantitative estimate of drug-likeness (QED) is 0.439. The SMILES string of the molecule is CN(C)C(=O)CN1CCC(CCOc2ccc(-c3cc4c(nnn4C)c(C#N)n3)cc2C(F)(F)F)CC1.Cl. The van der Waals surface area contributed by atoms with E-state index < -0.39 is 11.7 Å². The first kappa shape index (κ1) is 29.1. The Bertz CT molecular complexity index is 1330. The lowest BCUT2D eigenvalue weighted by atomic mass is 9.94. The van der Waals surface area contributed by atoms with Crippen molar-refractivity contribution < 1.29 is 22.7 Å². The minimum absolute atomic E-state index is 0. The van der Waals surface area contributed by atoms with E-state index in [4.69, 9.17) is 4.74 Å². The van der Waals surface area contributed by atoms with E-state index in [1.54, 1.807) is 32.1 Å². The van der Waals surface area contributed by atoms with Crippen LogP contribution in [-0.4, -0.2) is 76.0 Å². The summed E-state index contributed by atoms with van der Waals surface area (Å²) in [5.41, 5.74) is 0.300. The molecule has 3 aromatic rings. The number of carbonyl (C=O) groups is 1. The highest BCUT2D eigenvalue weighted by atomic mass is 35.5. The fourth-order valence-corrected chi connectivity index (χ4v) is 4.39. The van der Waals surface area contributed by atoms with Gasteiger partial charge in [0.15, 0.2) is 5.69 Å². The molecular formula is C25H29ClF3N7O2. The Morgan fingerprint density at radius 2 is 1.95 bits per heavy atom. The normalized spacial score (nSPS) is 14.7. The molecule has 1 saturated heterocycles. The highest BCUT2D eigenvalue weighted by Crippen LogP contribution is 2.39. The molecule has 9 nitrogen and oxygen atoms in total. The molecule has 0 unspecified atom stereocenters. The highest BCUT2D eigenvalue weighted by molar-refractivity contribution is 5.85. The van der Waals surface area contributed by atoms with Gasteiger partial charge in [-0.15, -0.1) is 17.5 Å². The third-order valence-corrected chi connectivity index (χ3v) is 6.64. The van der Waals surface area contributed by atoms with E-state index in [0.29, 0.717) is 29.9 Å². The molecule has 38 heavy (non-hydrogen) atoms. The minimum atomic E-state index is -4.63. The molecule has 1 amide bonds. The number of hydrogen-bond acceptors (Lipinski definition) is 7. The predicted molar refractivity (Wildman–Crippen MR) is 137 cm³/mol. The molecule has 1 aromatic carbocycles. The summed E-state index contributed by atoms with van der Waals surface area (Å²) in [6, 6.07) is 7.29. The van der Waals surface area contributed by atoms with Crippen molar-refractivity contribution in [2.24, 2.45) is 13.0 Å². The molecule has 0 bridgehead atoms. The van der Waals surface area contributed by atoms with Gasteiger partial charge in [0.25, 0.3) is 0 Å². The van der Waals surface area contributed by atoms with Crippen LogP contribution in [0.5, 0.6) is 5.75 Å². The number of aryl methyl sites for hydroxylation is 1. The summed E-state index contributed by atoms with van der Waals surface area (Å²) in [5, 5.41) is 17.2. The van der Waals surface area contributed by atoms with Crippen LogP contribution in [0.4, 0.5) is 13.2 Å². The number of likely N-dealkylation sites (tertiary alicyclic amines) is 1. The number of aromatic nitrogens is 4. The Labute approximate surface area is 224 Å². The average molecular weight is 552 g/mol. The Kier molecular flexibility index (Phi) is 9.17. The lowest BCUT2D eigenvalue weighted by Gasteiger charge is -2.32. The van der Waals surface area contributed by atoms with Gasteiger partial charge in [-0.3, -0.25) is 9.69 Å². The molecule has 0 aliphatic carbocycles. The van der Waals surface area contributed by atoms with Crippen molar-refractivity contribution in [3.05, 3.63) is 35.5 Å². The summed E-state index contributed by atoms with van der Waals surface area (Å²) in [6.07, 6.45) is -2.27. The molecular weight excluding hydrogens is 523 g/mol. The number of rotatable bonds is 7. The maximum Gasteiger partial charge on any atom is 0.419 e. The van der Waals surface area contributed by atoms with Gasteiger partial charge >= 0.3 is 6.18 Å². The van der Waals surface area contributed by atoms with Crippen molar-refractivity contribution in [2.45, 2.75) is 25.4 Å². The second-order valence-electron chi connectivity index (χ2n) is 9.40. The van der Waals surface area contributed by atoms with E-state index in [-0.39, 0.29) is 47.6 Å². The van der Waals surface area contributed by atoms with Gasteiger partial charge in [-0.1, -0.05) is 5.21 Å². The molecule has 0 saturated carbocycles. The Balaban J connectivity index is 0.00000400. The van der Waals surface area contributed by atoms with Crippen molar-refractivity contribution in [3.63, 3.8) is 0 Å². The standard InChI is InChI=1S/C25H28F3N7O2.ClH/c1-33(2)23(36)15-35-9-6-16(7-10-35)8-11-37-22-5-4-17(12-18(22)25(26,27)28)19-13-21-24(20(14-29)30-19)31-32-34(21)3;/h4-5,12-13,16H,6-11,15H2,1-3H3;1H. The summed E-state index contributed by atoms with van der Waals surface area (Å²) >= 11 is 0. The molecule has 2 aromatic heterocycles. The first-order valence-electron chi connectivity index (χ1n) is 11.9. The Morgan fingerprint density at radius 3 is 2.58 bits per heavy atom. The Morgan fingerprint density at radius 1 is 1.24 bits per heavy atom. The predicted octanol–water partition coefficient (Wildman–Crippen LogP) is 3.91. The molecule has 3 heterocycles. The van der Waals surface area contributed by atoms with Crippen molar-refractivity contribution in [1.29, 1.82) is 5.26 Å². The molecule has 13 heteroatoms. The third-order valence-electron chi connectivity index (χ3n) is 6.64. The minimum Gasteiger partial charge on any atom is -0.493 e. The zero-order chi connectivity index (χ0) is 26.7. The van der Waals surface area contributed by atoms with Crippen LogP contribution in [-0.2, 0) is 18.0 Å². The number of likely N-dealkylation sites (N-methyl/N-ethyl adjacent to an activating group) is 1. The van der Waals surface area contributed by atoms with Crippen LogP contribution >= 0.6 is 12.4 Å². The summed E-state index contributed by atoms with van der Waals surface area (Å²) in [7, 11) is 5.08. The van der Waals surface area contributed by atoms with Crippen LogP contribution in [0, 0.1) is 17.2 Å². The highest BCUT2D eigenvalue weighted by Gasteiger charge is 2.35. The van der Waals surface area contributed by atoms with Crippen molar-refractivity contribution in [2.75, 3.05) is 40.3 Å². The zero-order valence-corrected chi connectivity index (χ0v) is 22.1. The van der Waals surface area contributed by atoms with E-state index in [9.17, 15) is 23.2 Å². The number of fused-ring (bicyclic) bond motifs is 1. The average Bonchev–Trinajstić information content (AvgIpc) is 3.24. The van der Waals surface area contributed by atoms with Gasteiger partial charge < -0.3 is 9.64 Å². The largest absolute Gasteiger partial charge is 0.493 e. The number of alkyl halides is 3. The van der Waals surface area contributed by atoms with Gasteiger partial charge in [0.1, 0.15) is 17.3 Å². The molecule has 1 aliphatic rings. The lowest BCUT2D eigenvalue weighted by molar-refractivity contribution is -0.139. The first-order valence-corrected chi connectivity index (χ1v) is 11.9. The number of nitriles is 1. The number of nitrogens with zero attached hydrogens (tertiary/aromatic N) is 7. The van der Waals surface area contributed by atoms with Crippen LogP contribution < -0.4 is 4.74 Å². The summed E-state index contributed by atoms with van der Waals surface area (Å²) in [4.78, 5) is 19.8. The van der Waals surface area contributed by atoms with Crippen molar-refractivity contribution in [1.82, 2.24) is 29.8 Å². The fraction of sp³-hybridized carbons (Fsp3) is 0.480. The summed E-state index contributed by atoms with van der Waals surface area (Å²) in [6.45, 7) is 2.10. The van der Waals surface area contributed by atoms with Gasteiger partial charge in [-0.2, -0.15) is 18.4 Å². The zero-order valence-electron chi connectivity index (χ0n) is 21.3. The van der Waals surface area contributed by atoms with Crippen LogP contribution in [0.2, 0.25) is 0 Å². The molecule has 0 N–H and O–H groups in total. The lowest BCUT2D eigenvalue weighted by Crippen LogP contribution is -2.41. The van der Waals surface area contributed by atoms with Crippen LogP contribution in [0.25, 0.3) is 22.3 Å². The van der Waals surface area contributed by atoms with Gasteiger partial charge in [-0.25, -0.2) is 9.67 Å². The van der Waals surface area contributed by atoms with Crippen LogP contribution in [0.3, 0.4) is 0 Å². The van der Waals surface area contributed by atoms with Crippen LogP contribution in [0.15, 0.2) is 24.3 Å². The molecule has 1 fully saturated rings. The molecule has 1 aliphatic heterocycles. The summed E-state index contributed by atoms with van der Waals surface area (Å²) in [5.74, 6) is 0.141. The monoisotopic (exact) mass is 551 g/mol. The van der Waals surface area contributed by atoms with E-state index in [1.165, 1.54) is 16.8 Å². The topological polar surface area (TPSA) is 100 Å². The fourth-order valence-electron chi connectivity index (χ4n) is 4.39. The number of pyridine rings is 1. The molecule has 0 atom stereocenters. The van der Waals surface area contributed by atoms with Gasteiger partial charge in [-0.05, 0) is 62.5 Å². The van der Waals surface area contributed by atoms with Gasteiger partial charge in [0, 0.05) is 26.7 Å². The van der Waals surface area contributed by atoms with E-state index in [2.05, 4.69) is 20.2 Å². The maximum absolute atomic E-state index is 13.9.